The van der Waals surface area contributed by atoms with Gasteiger partial charge in [-0.2, -0.15) is 0 Å². The third-order valence-corrected chi connectivity index (χ3v) is 5.24. The number of aromatic nitrogens is 2. The van der Waals surface area contributed by atoms with Crippen molar-refractivity contribution in [3.8, 4) is 0 Å². The van der Waals surface area contributed by atoms with Gasteiger partial charge in [-0.25, -0.2) is 4.98 Å². The van der Waals surface area contributed by atoms with Crippen LogP contribution >= 0.6 is 0 Å². The van der Waals surface area contributed by atoms with Crippen molar-refractivity contribution in [3.05, 3.63) is 108 Å². The Morgan fingerprint density at radius 3 is 2.00 bits per heavy atom. The van der Waals surface area contributed by atoms with Gasteiger partial charge in [0.2, 0.25) is 0 Å². The zero-order valence-corrected chi connectivity index (χ0v) is 18.6. The first-order chi connectivity index (χ1) is 16.0. The van der Waals surface area contributed by atoms with Crippen molar-refractivity contribution >= 4 is 33.8 Å². The Balaban J connectivity index is 0.000000118. The van der Waals surface area contributed by atoms with E-state index in [1.807, 2.05) is 56.3 Å². The Morgan fingerprint density at radius 1 is 0.758 bits per heavy atom. The largest absolute Gasteiger partial charge is 0.464 e. The molecule has 0 radical (unpaired) electrons. The highest BCUT2D eigenvalue weighted by molar-refractivity contribution is 6.21. The van der Waals surface area contributed by atoms with Gasteiger partial charge in [-0.3, -0.25) is 19.5 Å². The summed E-state index contributed by atoms with van der Waals surface area (Å²) in [6.45, 7) is 3.99. The number of rotatable bonds is 0. The Bertz CT molecular complexity index is 1420. The van der Waals surface area contributed by atoms with Gasteiger partial charge in [-0.05, 0) is 49.7 Å². The number of nitrogens with zero attached hydrogens (tertiary/aromatic N) is 3. The molecule has 5 aromatic rings. The maximum absolute atomic E-state index is 11.3. The molecule has 33 heavy (non-hydrogen) atoms. The van der Waals surface area contributed by atoms with E-state index in [0.717, 1.165) is 27.2 Å². The molecule has 0 saturated carbocycles. The molecule has 0 saturated heterocycles. The summed E-state index contributed by atoms with van der Waals surface area (Å²) in [6, 6.07) is 22.7. The molecule has 6 nitrogen and oxygen atoms in total. The smallest absolute Gasteiger partial charge is 0.261 e. The van der Waals surface area contributed by atoms with Crippen molar-refractivity contribution in [1.82, 2.24) is 14.9 Å². The van der Waals surface area contributed by atoms with Crippen molar-refractivity contribution in [2.75, 3.05) is 7.05 Å². The molecule has 2 aromatic heterocycles. The number of furan rings is 1. The molecule has 0 bridgehead atoms. The van der Waals surface area contributed by atoms with Gasteiger partial charge in [-0.15, -0.1) is 0 Å². The number of carbonyl (C=O) groups excluding carboxylic acids is 2. The third-order valence-electron chi connectivity index (χ3n) is 5.24. The van der Waals surface area contributed by atoms with E-state index in [0.29, 0.717) is 11.1 Å². The molecule has 6 rings (SSSR count). The van der Waals surface area contributed by atoms with Crippen molar-refractivity contribution in [1.29, 1.82) is 0 Å². The van der Waals surface area contributed by atoms with Crippen molar-refractivity contribution in [2.45, 2.75) is 13.8 Å². The number of amides is 2. The summed E-state index contributed by atoms with van der Waals surface area (Å²) in [4.78, 5) is 32.3. The van der Waals surface area contributed by atoms with Gasteiger partial charge in [0.05, 0.1) is 34.1 Å². The average molecular weight is 437 g/mol. The number of carbonyl (C=O) groups is 2. The predicted molar refractivity (Wildman–Crippen MR) is 128 cm³/mol. The van der Waals surface area contributed by atoms with Gasteiger partial charge in [0.1, 0.15) is 5.58 Å². The lowest BCUT2D eigenvalue weighted by Gasteiger charge is -2.02. The summed E-state index contributed by atoms with van der Waals surface area (Å²) in [5.41, 5.74) is 6.07. The summed E-state index contributed by atoms with van der Waals surface area (Å²) in [6.07, 6.45) is 3.56. The summed E-state index contributed by atoms with van der Waals surface area (Å²) in [5, 5.41) is 1.21. The minimum absolute atomic E-state index is 0.212. The summed E-state index contributed by atoms with van der Waals surface area (Å²) >= 11 is 0. The topological polar surface area (TPSA) is 76.3 Å². The van der Waals surface area contributed by atoms with E-state index in [9.17, 15) is 9.59 Å². The van der Waals surface area contributed by atoms with Crippen LogP contribution in [0.3, 0.4) is 0 Å². The maximum Gasteiger partial charge on any atom is 0.261 e. The van der Waals surface area contributed by atoms with Crippen LogP contribution in [0.1, 0.15) is 32.0 Å². The summed E-state index contributed by atoms with van der Waals surface area (Å²) < 4.78 is 5.25. The Labute approximate surface area is 191 Å². The van der Waals surface area contributed by atoms with Crippen LogP contribution in [0, 0.1) is 13.8 Å². The molecule has 6 heteroatoms. The Morgan fingerprint density at radius 2 is 1.33 bits per heavy atom. The minimum atomic E-state index is -0.212. The fraction of sp³-hybridized carbons (Fsp3) is 0.111. The third kappa shape index (κ3) is 4.65. The lowest BCUT2D eigenvalue weighted by Crippen LogP contribution is -2.24. The molecule has 0 spiro atoms. The number of aryl methyl sites for hydroxylation is 2. The van der Waals surface area contributed by atoms with Crippen molar-refractivity contribution in [3.63, 3.8) is 0 Å². The van der Waals surface area contributed by atoms with Gasteiger partial charge in [0, 0.05) is 18.6 Å². The Kier molecular flexibility index (Phi) is 6.26. The highest BCUT2D eigenvalue weighted by Crippen LogP contribution is 2.20. The zero-order valence-electron chi connectivity index (χ0n) is 18.6. The molecule has 164 valence electrons. The van der Waals surface area contributed by atoms with E-state index < -0.39 is 0 Å². The standard InChI is InChI=1S/C9H8N2.C9H7NO2.C9H8O/c1-7-6-10-8-4-2-3-5-9(8)11-7;1-10-8(11)6-4-2-3-5-7(6)9(10)12;1-7-6-10-9-5-3-2-4-8(7)9/h2-6H,1H3;2-5H,1H3;2-6H,1H3. The lowest BCUT2D eigenvalue weighted by molar-refractivity contribution is 0.0693. The number of hydrogen-bond acceptors (Lipinski definition) is 5. The highest BCUT2D eigenvalue weighted by atomic mass is 16.3. The van der Waals surface area contributed by atoms with E-state index in [2.05, 4.69) is 16.0 Å². The molecule has 3 aromatic carbocycles. The number of imide groups is 1. The molecule has 1 aliphatic heterocycles. The molecule has 2 amide bonds. The molecule has 0 atom stereocenters. The molecule has 1 aliphatic rings. The molecule has 0 aliphatic carbocycles. The van der Waals surface area contributed by atoms with Gasteiger partial charge in [0.15, 0.2) is 0 Å². The quantitative estimate of drug-likeness (QED) is 0.295. The van der Waals surface area contributed by atoms with Gasteiger partial charge < -0.3 is 4.42 Å². The number of benzene rings is 3. The minimum Gasteiger partial charge on any atom is -0.464 e. The molecule has 0 fully saturated rings. The summed E-state index contributed by atoms with van der Waals surface area (Å²) in [7, 11) is 1.49. The van der Waals surface area contributed by atoms with Gasteiger partial charge in [-0.1, -0.05) is 42.5 Å². The number of hydrogen-bond donors (Lipinski definition) is 0. The summed E-state index contributed by atoms with van der Waals surface area (Å²) in [5.74, 6) is -0.425. The van der Waals surface area contributed by atoms with E-state index in [4.69, 9.17) is 4.42 Å². The van der Waals surface area contributed by atoms with Crippen LogP contribution in [0.25, 0.3) is 22.0 Å². The molecule has 0 N–H and O–H groups in total. The highest BCUT2D eigenvalue weighted by Gasteiger charge is 2.31. The normalized spacial score (nSPS) is 12.2. The first kappa shape index (κ1) is 21.9. The van der Waals surface area contributed by atoms with Crippen LogP contribution in [0.2, 0.25) is 0 Å². The fourth-order valence-electron chi connectivity index (χ4n) is 3.47. The second-order valence-corrected chi connectivity index (χ2v) is 7.63. The second kappa shape index (κ2) is 9.44. The van der Waals surface area contributed by atoms with Crippen LogP contribution < -0.4 is 0 Å². The van der Waals surface area contributed by atoms with Crippen molar-refractivity contribution in [2.24, 2.45) is 0 Å². The lowest BCUT2D eigenvalue weighted by atomic mass is 10.1. The van der Waals surface area contributed by atoms with Crippen LogP contribution in [0.4, 0.5) is 0 Å². The van der Waals surface area contributed by atoms with Crippen LogP contribution in [-0.2, 0) is 0 Å². The zero-order chi connectivity index (χ0) is 23.4. The fourth-order valence-corrected chi connectivity index (χ4v) is 3.47. The first-order valence-electron chi connectivity index (χ1n) is 10.5. The van der Waals surface area contributed by atoms with Gasteiger partial charge >= 0.3 is 0 Å². The molecule has 0 unspecified atom stereocenters. The van der Waals surface area contributed by atoms with Crippen LogP contribution in [0.5, 0.6) is 0 Å². The number of fused-ring (bicyclic) bond motifs is 3. The van der Waals surface area contributed by atoms with Gasteiger partial charge in [0.25, 0.3) is 11.8 Å². The van der Waals surface area contributed by atoms with E-state index in [1.54, 1.807) is 36.7 Å². The van der Waals surface area contributed by atoms with E-state index >= 15 is 0 Å². The Hall–Kier alpha value is -4.32. The second-order valence-electron chi connectivity index (χ2n) is 7.63. The maximum atomic E-state index is 11.3. The molecule has 3 heterocycles. The molecular formula is C27H23N3O3. The van der Waals surface area contributed by atoms with E-state index in [1.165, 1.54) is 18.0 Å². The van der Waals surface area contributed by atoms with Crippen LogP contribution in [-0.4, -0.2) is 33.7 Å². The average Bonchev–Trinajstić information content (AvgIpc) is 3.33. The predicted octanol–water partition coefficient (Wildman–Crippen LogP) is 5.59. The van der Waals surface area contributed by atoms with Crippen LogP contribution in [0.15, 0.2) is 89.7 Å². The van der Waals surface area contributed by atoms with Crippen molar-refractivity contribution < 1.29 is 14.0 Å². The monoisotopic (exact) mass is 437 g/mol. The number of para-hydroxylation sites is 3. The molecular weight excluding hydrogens is 414 g/mol. The SMILES string of the molecule is CN1C(=O)c2ccccc2C1=O.Cc1cnc2ccccc2n1.Cc1coc2ccccc12. The first-order valence-corrected chi connectivity index (χ1v) is 10.5. The van der Waals surface area contributed by atoms with E-state index in [-0.39, 0.29) is 11.8 Å².